The smallest absolute Gasteiger partial charge is 0.252 e. The van der Waals surface area contributed by atoms with E-state index in [9.17, 15) is 9.90 Å². The number of thiophene rings is 1. The Balaban J connectivity index is 1.55. The summed E-state index contributed by atoms with van der Waals surface area (Å²) in [5.74, 6) is 1.69. The molecule has 5 rings (SSSR count). The van der Waals surface area contributed by atoms with Crippen LogP contribution in [-0.4, -0.2) is 57.1 Å². The number of nitrogens with one attached hydrogen (secondary N) is 1. The van der Waals surface area contributed by atoms with Crippen molar-refractivity contribution in [2.24, 2.45) is 0 Å². The summed E-state index contributed by atoms with van der Waals surface area (Å²) in [5, 5.41) is 17.1. The molecule has 1 unspecified atom stereocenters. The van der Waals surface area contributed by atoms with Crippen LogP contribution >= 0.6 is 11.3 Å². The van der Waals surface area contributed by atoms with Crippen LogP contribution in [0.5, 0.6) is 23.0 Å². The Kier molecular flexibility index (Phi) is 8.04. The maximum atomic E-state index is 13.8. The Hall–Kier alpha value is -4.34. The fourth-order valence-corrected chi connectivity index (χ4v) is 5.75. The van der Waals surface area contributed by atoms with Crippen LogP contribution in [-0.2, 0) is 6.42 Å². The number of rotatable bonds is 10. The number of carbonyl (C=O) groups is 1. The number of methoxy groups -OCH3 is 4. The Labute approximate surface area is 236 Å². The number of nitrogens with zero attached hydrogens (tertiary/aromatic N) is 1. The molecule has 1 atom stereocenters. The summed E-state index contributed by atoms with van der Waals surface area (Å²) >= 11 is 1.65. The summed E-state index contributed by atoms with van der Waals surface area (Å²) < 4.78 is 23.1. The number of carbonyl (C=O) groups excluding carboxylic acids is 1. The minimum Gasteiger partial charge on any atom is -0.497 e. The van der Waals surface area contributed by atoms with Crippen molar-refractivity contribution in [3.8, 4) is 34.3 Å². The fourth-order valence-electron chi connectivity index (χ4n) is 4.78. The van der Waals surface area contributed by atoms with Gasteiger partial charge in [0.2, 0.25) is 5.75 Å². The molecule has 1 amide bonds. The second-order valence-electron chi connectivity index (χ2n) is 9.17. The van der Waals surface area contributed by atoms with Crippen LogP contribution in [0.2, 0.25) is 0 Å². The van der Waals surface area contributed by atoms with Crippen LogP contribution in [0, 0.1) is 0 Å². The standard InChI is InChI=1S/C31H30N2O6S/c1-36-21-9-10-25-23(14-21)24(15-26(33-25)18-12-27(37-2)30(39-4)28(13-18)38-3)31(35)32-20(16-34)11-19-17-40-29-8-6-5-7-22(19)29/h5-10,12-15,17,20,34H,11,16H2,1-4H3,(H,32,35). The van der Waals surface area contributed by atoms with E-state index in [0.717, 1.165) is 10.9 Å². The number of aromatic nitrogens is 1. The molecule has 0 aliphatic heterocycles. The first-order chi connectivity index (χ1) is 19.5. The molecule has 0 spiro atoms. The van der Waals surface area contributed by atoms with Gasteiger partial charge in [-0.2, -0.15) is 0 Å². The minimum absolute atomic E-state index is 0.206. The lowest BCUT2D eigenvalue weighted by atomic mass is 10.0. The number of fused-ring (bicyclic) bond motifs is 2. The molecule has 40 heavy (non-hydrogen) atoms. The molecule has 0 bridgehead atoms. The zero-order valence-corrected chi connectivity index (χ0v) is 23.5. The van der Waals surface area contributed by atoms with E-state index < -0.39 is 6.04 Å². The molecule has 0 radical (unpaired) electrons. The van der Waals surface area contributed by atoms with Gasteiger partial charge in [0.05, 0.1) is 57.9 Å². The molecule has 0 aliphatic rings. The molecular weight excluding hydrogens is 528 g/mol. The van der Waals surface area contributed by atoms with Gasteiger partial charge in [0.25, 0.3) is 5.91 Å². The second-order valence-corrected chi connectivity index (χ2v) is 10.1. The molecular formula is C31H30N2O6S. The van der Waals surface area contributed by atoms with Gasteiger partial charge in [0.1, 0.15) is 5.75 Å². The van der Waals surface area contributed by atoms with Gasteiger partial charge < -0.3 is 29.4 Å². The molecule has 9 heteroatoms. The SMILES string of the molecule is COc1ccc2nc(-c3cc(OC)c(OC)c(OC)c3)cc(C(=O)NC(CO)Cc3csc4ccccc34)c2c1. The number of amides is 1. The number of benzene rings is 3. The highest BCUT2D eigenvalue weighted by atomic mass is 32.1. The van der Waals surface area contributed by atoms with Crippen molar-refractivity contribution in [3.05, 3.63) is 77.2 Å². The van der Waals surface area contributed by atoms with Crippen molar-refractivity contribution in [1.29, 1.82) is 0 Å². The first-order valence-electron chi connectivity index (χ1n) is 12.7. The van der Waals surface area contributed by atoms with Gasteiger partial charge in [0.15, 0.2) is 11.5 Å². The summed E-state index contributed by atoms with van der Waals surface area (Å²) in [6.45, 7) is -0.206. The summed E-state index contributed by atoms with van der Waals surface area (Å²) in [4.78, 5) is 18.6. The quantitative estimate of drug-likeness (QED) is 0.234. The topological polar surface area (TPSA) is 99.1 Å². The average molecular weight is 559 g/mol. The number of ether oxygens (including phenoxy) is 4. The van der Waals surface area contributed by atoms with E-state index in [1.165, 1.54) is 4.70 Å². The molecule has 0 saturated heterocycles. The molecule has 0 aliphatic carbocycles. The Bertz CT molecular complexity index is 1660. The van der Waals surface area contributed by atoms with Crippen molar-refractivity contribution >= 4 is 38.2 Å². The maximum absolute atomic E-state index is 13.8. The average Bonchev–Trinajstić information content (AvgIpc) is 3.41. The van der Waals surface area contributed by atoms with Crippen molar-refractivity contribution in [3.63, 3.8) is 0 Å². The second kappa shape index (κ2) is 11.8. The van der Waals surface area contributed by atoms with E-state index in [2.05, 4.69) is 22.8 Å². The zero-order chi connectivity index (χ0) is 28.2. The van der Waals surface area contributed by atoms with Crippen molar-refractivity contribution in [1.82, 2.24) is 10.3 Å². The summed E-state index contributed by atoms with van der Waals surface area (Å²) in [7, 11) is 6.21. The largest absolute Gasteiger partial charge is 0.497 e. The van der Waals surface area contributed by atoms with Gasteiger partial charge >= 0.3 is 0 Å². The minimum atomic E-state index is -0.482. The number of aliphatic hydroxyl groups excluding tert-OH is 1. The highest BCUT2D eigenvalue weighted by Gasteiger charge is 2.21. The van der Waals surface area contributed by atoms with Crippen LogP contribution in [0.1, 0.15) is 15.9 Å². The number of pyridine rings is 1. The summed E-state index contributed by atoms with van der Waals surface area (Å²) in [6, 6.07) is 18.3. The van der Waals surface area contributed by atoms with E-state index in [0.29, 0.717) is 57.1 Å². The van der Waals surface area contributed by atoms with Crippen LogP contribution in [0.15, 0.2) is 66.0 Å². The predicted molar refractivity (Wildman–Crippen MR) is 157 cm³/mol. The first kappa shape index (κ1) is 27.2. The normalized spacial score (nSPS) is 11.8. The van der Waals surface area contributed by atoms with Gasteiger partial charge in [0, 0.05) is 15.6 Å². The third-order valence-electron chi connectivity index (χ3n) is 6.80. The number of hydrogen-bond acceptors (Lipinski definition) is 8. The molecule has 0 fully saturated rings. The summed E-state index contributed by atoms with van der Waals surface area (Å²) in [6.07, 6.45) is 0.498. The van der Waals surface area contributed by atoms with Gasteiger partial charge in [-0.3, -0.25) is 4.79 Å². The summed E-state index contributed by atoms with van der Waals surface area (Å²) in [5.41, 5.74) is 3.33. The fraction of sp³-hybridized carbons (Fsp3) is 0.226. The van der Waals surface area contributed by atoms with Gasteiger partial charge in [-0.05, 0) is 65.2 Å². The highest BCUT2D eigenvalue weighted by molar-refractivity contribution is 7.17. The number of hydrogen-bond donors (Lipinski definition) is 2. The monoisotopic (exact) mass is 558 g/mol. The van der Waals surface area contributed by atoms with Crippen LogP contribution in [0.25, 0.3) is 32.2 Å². The Morgan fingerprint density at radius 1 is 0.925 bits per heavy atom. The van der Waals surface area contributed by atoms with E-state index in [4.69, 9.17) is 23.9 Å². The molecule has 2 N–H and O–H groups in total. The Morgan fingerprint density at radius 3 is 2.35 bits per heavy atom. The van der Waals surface area contributed by atoms with E-state index in [1.54, 1.807) is 70.1 Å². The third-order valence-corrected chi connectivity index (χ3v) is 7.82. The third kappa shape index (κ3) is 5.25. The lowest BCUT2D eigenvalue weighted by Gasteiger charge is -2.18. The Morgan fingerprint density at radius 2 is 1.68 bits per heavy atom. The van der Waals surface area contributed by atoms with Crippen molar-refractivity contribution in [2.45, 2.75) is 12.5 Å². The van der Waals surface area contributed by atoms with E-state index >= 15 is 0 Å². The van der Waals surface area contributed by atoms with E-state index in [-0.39, 0.29) is 12.5 Å². The highest BCUT2D eigenvalue weighted by Crippen LogP contribution is 2.41. The van der Waals surface area contributed by atoms with Gasteiger partial charge in [-0.25, -0.2) is 4.98 Å². The molecule has 8 nitrogen and oxygen atoms in total. The molecule has 2 aromatic heterocycles. The van der Waals surface area contributed by atoms with Crippen LogP contribution < -0.4 is 24.3 Å². The van der Waals surface area contributed by atoms with Crippen LogP contribution in [0.4, 0.5) is 0 Å². The molecule has 206 valence electrons. The molecule has 5 aromatic rings. The predicted octanol–water partition coefficient (Wildman–Crippen LogP) is 5.48. The first-order valence-corrected chi connectivity index (χ1v) is 13.5. The van der Waals surface area contributed by atoms with Crippen molar-refractivity contribution < 1.29 is 28.8 Å². The van der Waals surface area contributed by atoms with Gasteiger partial charge in [-0.1, -0.05) is 18.2 Å². The molecule has 2 heterocycles. The lowest BCUT2D eigenvalue weighted by molar-refractivity contribution is 0.0918. The van der Waals surface area contributed by atoms with Crippen molar-refractivity contribution in [2.75, 3.05) is 35.0 Å². The molecule has 3 aromatic carbocycles. The van der Waals surface area contributed by atoms with E-state index in [1.807, 2.05) is 18.2 Å². The maximum Gasteiger partial charge on any atom is 0.252 e. The molecule has 0 saturated carbocycles. The number of aliphatic hydroxyl groups is 1. The van der Waals surface area contributed by atoms with Crippen LogP contribution in [0.3, 0.4) is 0 Å². The zero-order valence-electron chi connectivity index (χ0n) is 22.7. The lowest BCUT2D eigenvalue weighted by Crippen LogP contribution is -2.39. The van der Waals surface area contributed by atoms with Gasteiger partial charge in [-0.15, -0.1) is 11.3 Å².